The van der Waals surface area contributed by atoms with Crippen molar-refractivity contribution in [2.24, 2.45) is 5.92 Å². The van der Waals surface area contributed by atoms with Crippen molar-refractivity contribution in [1.82, 2.24) is 4.90 Å². The number of rotatable bonds is 6. The standard InChI is InChI=1S/C11H19NO3/c1-8(2)12(6-5-11(14)15)10(13)7-9-3-4-9/h8-9H,3-7H2,1-2H3,(H,14,15). The van der Waals surface area contributed by atoms with E-state index in [1.54, 1.807) is 4.90 Å². The van der Waals surface area contributed by atoms with Crippen molar-refractivity contribution in [1.29, 1.82) is 0 Å². The fourth-order valence-electron chi connectivity index (χ4n) is 1.57. The van der Waals surface area contributed by atoms with E-state index in [0.29, 0.717) is 18.9 Å². The topological polar surface area (TPSA) is 57.6 Å². The number of hydrogen-bond acceptors (Lipinski definition) is 2. The molecule has 0 radical (unpaired) electrons. The minimum atomic E-state index is -0.847. The number of carbonyl (C=O) groups excluding carboxylic acids is 1. The molecule has 1 rings (SSSR count). The third-order valence-corrected chi connectivity index (χ3v) is 2.67. The highest BCUT2D eigenvalue weighted by molar-refractivity contribution is 5.77. The predicted octanol–water partition coefficient (Wildman–Crippen LogP) is 1.50. The van der Waals surface area contributed by atoms with Crippen LogP contribution in [0.15, 0.2) is 0 Å². The van der Waals surface area contributed by atoms with E-state index in [9.17, 15) is 9.59 Å². The largest absolute Gasteiger partial charge is 0.481 e. The highest BCUT2D eigenvalue weighted by atomic mass is 16.4. The van der Waals surface area contributed by atoms with Crippen molar-refractivity contribution >= 4 is 11.9 Å². The molecule has 0 aromatic heterocycles. The van der Waals surface area contributed by atoms with Gasteiger partial charge in [0.2, 0.25) is 5.91 Å². The molecule has 1 fully saturated rings. The van der Waals surface area contributed by atoms with Crippen LogP contribution in [0.5, 0.6) is 0 Å². The highest BCUT2D eigenvalue weighted by Gasteiger charge is 2.27. The molecule has 1 aliphatic carbocycles. The van der Waals surface area contributed by atoms with E-state index in [-0.39, 0.29) is 18.4 Å². The molecular formula is C11H19NO3. The molecule has 0 saturated heterocycles. The van der Waals surface area contributed by atoms with Gasteiger partial charge in [0.05, 0.1) is 6.42 Å². The summed E-state index contributed by atoms with van der Waals surface area (Å²) in [7, 11) is 0. The van der Waals surface area contributed by atoms with Gasteiger partial charge in [0.1, 0.15) is 0 Å². The SMILES string of the molecule is CC(C)N(CCC(=O)O)C(=O)CC1CC1. The number of hydrogen-bond donors (Lipinski definition) is 1. The fraction of sp³-hybridized carbons (Fsp3) is 0.818. The molecule has 0 spiro atoms. The van der Waals surface area contributed by atoms with Crippen LogP contribution in [-0.4, -0.2) is 34.5 Å². The zero-order valence-corrected chi connectivity index (χ0v) is 9.40. The predicted molar refractivity (Wildman–Crippen MR) is 56.4 cm³/mol. The average molecular weight is 213 g/mol. The third kappa shape index (κ3) is 4.32. The quantitative estimate of drug-likeness (QED) is 0.727. The van der Waals surface area contributed by atoms with Crippen LogP contribution in [0, 0.1) is 5.92 Å². The van der Waals surface area contributed by atoms with E-state index >= 15 is 0 Å². The normalized spacial score (nSPS) is 15.4. The summed E-state index contributed by atoms with van der Waals surface area (Å²) < 4.78 is 0. The summed E-state index contributed by atoms with van der Waals surface area (Å²) in [6.45, 7) is 4.18. The van der Waals surface area contributed by atoms with Crippen LogP contribution < -0.4 is 0 Å². The highest BCUT2D eigenvalue weighted by Crippen LogP contribution is 2.33. The van der Waals surface area contributed by atoms with Crippen molar-refractivity contribution in [3.8, 4) is 0 Å². The molecule has 0 heterocycles. The van der Waals surface area contributed by atoms with E-state index < -0.39 is 5.97 Å². The van der Waals surface area contributed by atoms with Crippen molar-refractivity contribution in [3.05, 3.63) is 0 Å². The van der Waals surface area contributed by atoms with Gasteiger partial charge in [0.25, 0.3) is 0 Å². The lowest BCUT2D eigenvalue weighted by atomic mass is 10.2. The molecule has 15 heavy (non-hydrogen) atoms. The number of aliphatic carboxylic acids is 1. The second-order valence-corrected chi connectivity index (χ2v) is 4.47. The molecule has 0 aromatic rings. The maximum atomic E-state index is 11.8. The molecule has 86 valence electrons. The van der Waals surface area contributed by atoms with Crippen LogP contribution in [0.25, 0.3) is 0 Å². The van der Waals surface area contributed by atoms with Gasteiger partial charge in [-0.05, 0) is 32.6 Å². The lowest BCUT2D eigenvalue weighted by Gasteiger charge is -2.26. The third-order valence-electron chi connectivity index (χ3n) is 2.67. The molecular weight excluding hydrogens is 194 g/mol. The fourth-order valence-corrected chi connectivity index (χ4v) is 1.57. The number of carboxylic acids is 1. The lowest BCUT2D eigenvalue weighted by molar-refractivity contribution is -0.139. The molecule has 0 bridgehead atoms. The van der Waals surface area contributed by atoms with Gasteiger partial charge in [-0.3, -0.25) is 9.59 Å². The van der Waals surface area contributed by atoms with Crippen LogP contribution >= 0.6 is 0 Å². The van der Waals surface area contributed by atoms with Gasteiger partial charge in [0, 0.05) is 19.0 Å². The van der Waals surface area contributed by atoms with Gasteiger partial charge in [-0.2, -0.15) is 0 Å². The zero-order chi connectivity index (χ0) is 11.4. The summed E-state index contributed by atoms with van der Waals surface area (Å²) in [5, 5.41) is 8.58. The first-order valence-electron chi connectivity index (χ1n) is 5.52. The molecule has 0 aromatic carbocycles. The maximum absolute atomic E-state index is 11.8. The molecule has 1 aliphatic rings. The van der Waals surface area contributed by atoms with Crippen LogP contribution in [-0.2, 0) is 9.59 Å². The van der Waals surface area contributed by atoms with Crippen LogP contribution in [0.1, 0.15) is 39.5 Å². The van der Waals surface area contributed by atoms with Gasteiger partial charge in [-0.1, -0.05) is 0 Å². The van der Waals surface area contributed by atoms with Gasteiger partial charge < -0.3 is 10.0 Å². The van der Waals surface area contributed by atoms with E-state index in [0.717, 1.165) is 12.8 Å². The lowest BCUT2D eigenvalue weighted by Crippen LogP contribution is -2.38. The first-order chi connectivity index (χ1) is 7.00. The van der Waals surface area contributed by atoms with Crippen LogP contribution in [0.3, 0.4) is 0 Å². The Kier molecular flexibility index (Phi) is 4.12. The van der Waals surface area contributed by atoms with Gasteiger partial charge in [-0.25, -0.2) is 0 Å². The summed E-state index contributed by atoms with van der Waals surface area (Å²) in [5.41, 5.74) is 0. The van der Waals surface area contributed by atoms with E-state index in [1.165, 1.54) is 0 Å². The molecule has 4 nitrogen and oxygen atoms in total. The molecule has 4 heteroatoms. The molecule has 1 saturated carbocycles. The monoisotopic (exact) mass is 213 g/mol. The van der Waals surface area contributed by atoms with Gasteiger partial charge in [-0.15, -0.1) is 0 Å². The zero-order valence-electron chi connectivity index (χ0n) is 9.40. The van der Waals surface area contributed by atoms with Crippen molar-refractivity contribution in [2.75, 3.05) is 6.54 Å². The molecule has 0 atom stereocenters. The van der Waals surface area contributed by atoms with E-state index in [4.69, 9.17) is 5.11 Å². The number of carboxylic acid groups (broad SMARTS) is 1. The Labute approximate surface area is 90.3 Å². The summed E-state index contributed by atoms with van der Waals surface area (Å²) in [4.78, 5) is 23.9. The summed E-state index contributed by atoms with van der Waals surface area (Å²) in [5.74, 6) is -0.183. The second-order valence-electron chi connectivity index (χ2n) is 4.47. The maximum Gasteiger partial charge on any atom is 0.305 e. The first-order valence-corrected chi connectivity index (χ1v) is 5.52. The van der Waals surface area contributed by atoms with Gasteiger partial charge >= 0.3 is 5.97 Å². The summed E-state index contributed by atoms with van der Waals surface area (Å²) in [6.07, 6.45) is 2.93. The molecule has 0 unspecified atom stereocenters. The van der Waals surface area contributed by atoms with Crippen molar-refractivity contribution in [3.63, 3.8) is 0 Å². The Hall–Kier alpha value is -1.06. The Balaban J connectivity index is 2.40. The minimum Gasteiger partial charge on any atom is -0.481 e. The molecule has 1 amide bonds. The van der Waals surface area contributed by atoms with Crippen molar-refractivity contribution < 1.29 is 14.7 Å². The molecule has 0 aliphatic heterocycles. The number of nitrogens with zero attached hydrogens (tertiary/aromatic N) is 1. The summed E-state index contributed by atoms with van der Waals surface area (Å²) >= 11 is 0. The second kappa shape index (κ2) is 5.14. The average Bonchev–Trinajstić information content (AvgIpc) is 2.87. The van der Waals surface area contributed by atoms with Crippen LogP contribution in [0.2, 0.25) is 0 Å². The summed E-state index contributed by atoms with van der Waals surface area (Å²) in [6, 6.07) is 0.0931. The molecule has 1 N–H and O–H groups in total. The minimum absolute atomic E-state index is 0.0363. The Morgan fingerprint density at radius 3 is 2.40 bits per heavy atom. The Morgan fingerprint density at radius 1 is 1.40 bits per heavy atom. The van der Waals surface area contributed by atoms with Gasteiger partial charge in [0.15, 0.2) is 0 Å². The van der Waals surface area contributed by atoms with E-state index in [1.807, 2.05) is 13.8 Å². The number of amides is 1. The first kappa shape index (κ1) is 12.0. The van der Waals surface area contributed by atoms with Crippen LogP contribution in [0.4, 0.5) is 0 Å². The van der Waals surface area contributed by atoms with E-state index in [2.05, 4.69) is 0 Å². The smallest absolute Gasteiger partial charge is 0.305 e. The Morgan fingerprint density at radius 2 is 2.00 bits per heavy atom. The van der Waals surface area contributed by atoms with Crippen molar-refractivity contribution in [2.45, 2.75) is 45.6 Å². The Bertz CT molecular complexity index is 246. The number of carbonyl (C=O) groups is 2.